The van der Waals surface area contributed by atoms with Crippen LogP contribution in [0.3, 0.4) is 0 Å². The van der Waals surface area contributed by atoms with Crippen LogP contribution in [0.1, 0.15) is 33.3 Å². The van der Waals surface area contributed by atoms with Crippen LogP contribution in [0, 0.1) is 0 Å². The van der Waals surface area contributed by atoms with Gasteiger partial charge in [-0.2, -0.15) is 4.31 Å². The minimum atomic E-state index is -3.45. The van der Waals surface area contributed by atoms with Gasteiger partial charge in [-0.15, -0.1) is 0 Å². The third-order valence-corrected chi connectivity index (χ3v) is 6.85. The molecule has 1 heterocycles. The Morgan fingerprint density at radius 3 is 2.22 bits per heavy atom. The van der Waals surface area contributed by atoms with Crippen LogP contribution in [-0.2, 0) is 26.1 Å². The molecule has 8 heteroatoms. The molecule has 152 valence electrons. The lowest BCUT2D eigenvalue weighted by molar-refractivity contribution is -0.907. The number of benzene rings is 1. The molecule has 0 spiro atoms. The zero-order chi connectivity index (χ0) is 20.0. The summed E-state index contributed by atoms with van der Waals surface area (Å²) in [5.41, 5.74) is 0.876. The molecule has 2 atom stereocenters. The van der Waals surface area contributed by atoms with Gasteiger partial charge in [0.05, 0.1) is 4.90 Å². The number of carbonyl (C=O) groups is 1. The van der Waals surface area contributed by atoms with Gasteiger partial charge in [0.25, 0.3) is 5.91 Å². The summed E-state index contributed by atoms with van der Waals surface area (Å²) in [5, 5.41) is 2.92. The first-order chi connectivity index (χ1) is 12.8. The summed E-state index contributed by atoms with van der Waals surface area (Å²) in [6, 6.07) is 6.71. The number of nitrogens with one attached hydrogen (secondary N) is 2. The van der Waals surface area contributed by atoms with Gasteiger partial charge in [-0.05, 0) is 31.5 Å². The van der Waals surface area contributed by atoms with Gasteiger partial charge < -0.3 is 15.0 Å². The predicted molar refractivity (Wildman–Crippen MR) is 104 cm³/mol. The summed E-state index contributed by atoms with van der Waals surface area (Å²) in [5.74, 6) is -0.00820. The summed E-state index contributed by atoms with van der Waals surface area (Å²) in [6.07, 6.45) is 0.328. The van der Waals surface area contributed by atoms with E-state index in [1.54, 1.807) is 24.3 Å². The predicted octanol–water partition coefficient (Wildman–Crippen LogP) is 0.0254. The first-order valence-electron chi connectivity index (χ1n) is 9.61. The van der Waals surface area contributed by atoms with E-state index in [0.717, 1.165) is 18.7 Å². The van der Waals surface area contributed by atoms with Gasteiger partial charge in [-0.25, -0.2) is 8.42 Å². The Morgan fingerprint density at radius 1 is 1.15 bits per heavy atom. The van der Waals surface area contributed by atoms with Crippen molar-refractivity contribution in [2.75, 3.05) is 32.7 Å². The Balaban J connectivity index is 1.88. The van der Waals surface area contributed by atoms with Crippen LogP contribution in [0.5, 0.6) is 0 Å². The Labute approximate surface area is 162 Å². The van der Waals surface area contributed by atoms with Crippen molar-refractivity contribution in [2.24, 2.45) is 0 Å². The molecule has 0 unspecified atom stereocenters. The molecule has 0 aliphatic carbocycles. The molecular formula is C19H32N3O4S+. The second-order valence-electron chi connectivity index (χ2n) is 7.10. The third kappa shape index (κ3) is 6.00. The normalized spacial score (nSPS) is 23.4. The van der Waals surface area contributed by atoms with Gasteiger partial charge in [-0.1, -0.05) is 26.0 Å². The van der Waals surface area contributed by atoms with E-state index in [-0.39, 0.29) is 23.0 Å². The summed E-state index contributed by atoms with van der Waals surface area (Å²) >= 11 is 0. The summed E-state index contributed by atoms with van der Waals surface area (Å²) in [6.45, 7) is 11.1. The minimum absolute atomic E-state index is 0.00820. The van der Waals surface area contributed by atoms with Crippen molar-refractivity contribution in [1.82, 2.24) is 9.62 Å². The van der Waals surface area contributed by atoms with Crippen molar-refractivity contribution in [2.45, 2.75) is 51.3 Å². The van der Waals surface area contributed by atoms with Gasteiger partial charge >= 0.3 is 0 Å². The third-order valence-electron chi connectivity index (χ3n) is 4.78. The van der Waals surface area contributed by atoms with Crippen molar-refractivity contribution in [3.63, 3.8) is 0 Å². The quantitative estimate of drug-likeness (QED) is 0.647. The van der Waals surface area contributed by atoms with Crippen molar-refractivity contribution in [1.29, 1.82) is 0 Å². The largest absolute Gasteiger partial charge is 0.364 e. The second-order valence-corrected chi connectivity index (χ2v) is 9.04. The highest BCUT2D eigenvalue weighted by atomic mass is 32.2. The van der Waals surface area contributed by atoms with E-state index in [4.69, 9.17) is 4.74 Å². The van der Waals surface area contributed by atoms with Gasteiger partial charge in [0, 0.05) is 19.6 Å². The lowest BCUT2D eigenvalue weighted by Gasteiger charge is -2.31. The molecule has 1 aliphatic rings. The summed E-state index contributed by atoms with van der Waals surface area (Å²) < 4.78 is 32.1. The fourth-order valence-electron chi connectivity index (χ4n) is 3.52. The first-order valence-corrected chi connectivity index (χ1v) is 11.0. The number of hydrogen-bond acceptors (Lipinski definition) is 4. The zero-order valence-corrected chi connectivity index (χ0v) is 17.5. The number of sulfonamides is 1. The van der Waals surface area contributed by atoms with Gasteiger partial charge in [0.2, 0.25) is 10.0 Å². The monoisotopic (exact) mass is 398 g/mol. The van der Waals surface area contributed by atoms with Crippen molar-refractivity contribution in [3.8, 4) is 0 Å². The highest BCUT2D eigenvalue weighted by Crippen LogP contribution is 2.16. The average Bonchev–Trinajstić information content (AvgIpc) is 2.60. The molecule has 2 rings (SSSR count). The molecule has 27 heavy (non-hydrogen) atoms. The van der Waals surface area contributed by atoms with Crippen LogP contribution in [0.15, 0.2) is 29.2 Å². The molecule has 7 nitrogen and oxygen atoms in total. The maximum atomic E-state index is 12.5. The molecule has 0 radical (unpaired) electrons. The zero-order valence-electron chi connectivity index (χ0n) is 16.7. The van der Waals surface area contributed by atoms with E-state index < -0.39 is 10.0 Å². The molecular weight excluding hydrogens is 366 g/mol. The van der Waals surface area contributed by atoms with E-state index in [9.17, 15) is 13.2 Å². The molecule has 1 fully saturated rings. The number of amides is 1. The number of hydrogen-bond donors (Lipinski definition) is 2. The first kappa shape index (κ1) is 21.8. The summed E-state index contributed by atoms with van der Waals surface area (Å²) in [7, 11) is -3.45. The molecule has 2 N–H and O–H groups in total. The summed E-state index contributed by atoms with van der Waals surface area (Å²) in [4.78, 5) is 13.7. The molecule has 0 saturated carbocycles. The highest BCUT2D eigenvalue weighted by Gasteiger charge is 2.27. The van der Waals surface area contributed by atoms with Crippen molar-refractivity contribution in [3.05, 3.63) is 29.8 Å². The van der Waals surface area contributed by atoms with E-state index >= 15 is 0 Å². The molecule has 1 aromatic carbocycles. The number of quaternary nitrogens is 1. The number of ether oxygens (including phenoxy) is 1. The number of morpholine rings is 1. The maximum Gasteiger partial charge on any atom is 0.275 e. The molecule has 0 aromatic heterocycles. The molecule has 1 aromatic rings. The second kappa shape index (κ2) is 9.64. The highest BCUT2D eigenvalue weighted by molar-refractivity contribution is 7.89. The standard InChI is InChI=1S/C19H31N3O4S/c1-5-22(6-2)27(24,25)18-9-7-17(8-10-18)11-20-19(23)14-21-12-15(3)26-16(4)13-21/h7-10,15-16H,5-6,11-14H2,1-4H3,(H,20,23)/p+1/t15-,16-/m1/s1. The number of rotatable bonds is 8. The smallest absolute Gasteiger partial charge is 0.275 e. The Kier molecular flexibility index (Phi) is 7.79. The number of nitrogens with zero attached hydrogens (tertiary/aromatic N) is 1. The van der Waals surface area contributed by atoms with Crippen LogP contribution >= 0.6 is 0 Å². The van der Waals surface area contributed by atoms with Crippen molar-refractivity contribution < 1.29 is 22.8 Å². The molecule has 1 aliphatic heterocycles. The topological polar surface area (TPSA) is 80.2 Å². The Bertz CT molecular complexity index is 707. The number of carbonyl (C=O) groups excluding carboxylic acids is 1. The molecule has 0 bridgehead atoms. The van der Waals surface area contributed by atoms with Gasteiger partial charge in [0.1, 0.15) is 25.3 Å². The molecule has 1 saturated heterocycles. The Hall–Kier alpha value is -1.48. The van der Waals surface area contributed by atoms with Gasteiger partial charge in [0.15, 0.2) is 6.54 Å². The average molecular weight is 399 g/mol. The van der Waals surface area contributed by atoms with Crippen molar-refractivity contribution >= 4 is 15.9 Å². The van der Waals surface area contributed by atoms with E-state index in [2.05, 4.69) is 5.32 Å². The maximum absolute atomic E-state index is 12.5. The lowest BCUT2D eigenvalue weighted by Crippen LogP contribution is -3.16. The van der Waals surface area contributed by atoms with Crippen LogP contribution in [0.4, 0.5) is 0 Å². The van der Waals surface area contributed by atoms with Crippen LogP contribution in [0.2, 0.25) is 0 Å². The SMILES string of the molecule is CCN(CC)S(=O)(=O)c1ccc(CNC(=O)C[NH+]2C[C@@H](C)O[C@H](C)C2)cc1. The van der Waals surface area contributed by atoms with E-state index in [1.807, 2.05) is 27.7 Å². The van der Waals surface area contributed by atoms with Crippen LogP contribution in [-0.4, -0.2) is 63.6 Å². The fraction of sp³-hybridized carbons (Fsp3) is 0.632. The fourth-order valence-corrected chi connectivity index (χ4v) is 4.97. The van der Waals surface area contributed by atoms with Crippen LogP contribution in [0.25, 0.3) is 0 Å². The van der Waals surface area contributed by atoms with E-state index in [1.165, 1.54) is 9.21 Å². The van der Waals surface area contributed by atoms with Crippen LogP contribution < -0.4 is 10.2 Å². The Morgan fingerprint density at radius 2 is 1.70 bits per heavy atom. The lowest BCUT2D eigenvalue weighted by atomic mass is 10.2. The minimum Gasteiger partial charge on any atom is -0.364 e. The van der Waals surface area contributed by atoms with Gasteiger partial charge in [-0.3, -0.25) is 4.79 Å². The van der Waals surface area contributed by atoms with E-state index in [0.29, 0.717) is 26.2 Å². The molecule has 1 amide bonds.